The van der Waals surface area contributed by atoms with Crippen molar-refractivity contribution in [3.05, 3.63) is 119 Å². The van der Waals surface area contributed by atoms with Crippen LogP contribution in [0, 0.1) is 23.7 Å². The second-order valence-corrected chi connectivity index (χ2v) is 13.2. The number of hydrogen-bond donors (Lipinski definition) is 1. The summed E-state index contributed by atoms with van der Waals surface area (Å²) in [4.78, 5) is 60.1. The number of anilines is 1. The highest BCUT2D eigenvalue weighted by molar-refractivity contribution is 6.32. The largest absolute Gasteiger partial charge is 0.507 e. The molecule has 0 spiro atoms. The minimum atomic E-state index is -1.37. The van der Waals surface area contributed by atoms with Crippen molar-refractivity contribution >= 4 is 51.7 Å². The van der Waals surface area contributed by atoms with E-state index < -0.39 is 35.0 Å². The molecule has 4 aliphatic rings. The van der Waals surface area contributed by atoms with E-state index in [0.717, 1.165) is 16.5 Å². The lowest BCUT2D eigenvalue weighted by Crippen LogP contribution is -2.53. The maximum atomic E-state index is 15.3. The maximum absolute atomic E-state index is 15.3. The third-order valence-corrected chi connectivity index (χ3v) is 11.1. The van der Waals surface area contributed by atoms with E-state index in [2.05, 4.69) is 6.08 Å². The van der Waals surface area contributed by atoms with Gasteiger partial charge in [-0.15, -0.1) is 0 Å². The van der Waals surface area contributed by atoms with Gasteiger partial charge >= 0.3 is 0 Å². The Morgan fingerprint density at radius 2 is 1.57 bits per heavy atom. The summed E-state index contributed by atoms with van der Waals surface area (Å²) in [5.41, 5.74) is 1.41. The van der Waals surface area contributed by atoms with E-state index >= 15 is 4.79 Å². The van der Waals surface area contributed by atoms with Crippen LogP contribution in [0.4, 0.5) is 5.69 Å². The average molecular weight is 631 g/mol. The number of halogens is 1. The monoisotopic (exact) mass is 630 g/mol. The third kappa shape index (κ3) is 3.72. The highest BCUT2D eigenvalue weighted by Crippen LogP contribution is 2.65. The van der Waals surface area contributed by atoms with Crippen molar-refractivity contribution < 1.29 is 24.3 Å². The summed E-state index contributed by atoms with van der Waals surface area (Å²) in [7, 11) is 0. The van der Waals surface area contributed by atoms with Gasteiger partial charge < -0.3 is 5.11 Å². The SMILES string of the molecule is CCN1C(=O)[C@H]2[C@H](CC=C3[C@H]2C[C@H]2C(=O)N(c4cccc(Cl)c4)C(=O)[C@@]2(c2ccccc2)[C@H]3c2ccc(O)c3ccccc23)C1=O. The highest BCUT2D eigenvalue weighted by atomic mass is 35.5. The zero-order valence-electron chi connectivity index (χ0n) is 25.1. The molecule has 2 heterocycles. The molecule has 2 aliphatic heterocycles. The van der Waals surface area contributed by atoms with E-state index in [0.29, 0.717) is 28.1 Å². The molecule has 46 heavy (non-hydrogen) atoms. The van der Waals surface area contributed by atoms with Gasteiger partial charge in [0.25, 0.3) is 0 Å². The van der Waals surface area contributed by atoms with Crippen molar-refractivity contribution in [3.63, 3.8) is 0 Å². The lowest BCUT2D eigenvalue weighted by molar-refractivity contribution is -0.140. The number of allylic oxidation sites excluding steroid dienone is 2. The van der Waals surface area contributed by atoms with Crippen LogP contribution in [0.5, 0.6) is 5.75 Å². The molecule has 8 rings (SSSR count). The van der Waals surface area contributed by atoms with Crippen LogP contribution >= 0.6 is 11.6 Å². The number of hydrogen-bond acceptors (Lipinski definition) is 5. The van der Waals surface area contributed by atoms with E-state index in [1.54, 1.807) is 37.3 Å². The van der Waals surface area contributed by atoms with Crippen molar-refractivity contribution in [2.75, 3.05) is 11.4 Å². The van der Waals surface area contributed by atoms with Gasteiger partial charge in [-0.25, -0.2) is 4.90 Å². The molecule has 0 bridgehead atoms. The molecule has 4 aromatic rings. The number of nitrogens with zero attached hydrogens (tertiary/aromatic N) is 2. The third-order valence-electron chi connectivity index (χ3n) is 10.8. The topological polar surface area (TPSA) is 95.0 Å². The van der Waals surface area contributed by atoms with E-state index in [1.807, 2.05) is 60.7 Å². The number of rotatable bonds is 4. The minimum absolute atomic E-state index is 0.110. The molecular weight excluding hydrogens is 600 g/mol. The summed E-state index contributed by atoms with van der Waals surface area (Å²) in [6, 6.07) is 27.2. The number of carbonyl (C=O) groups is 4. The fourth-order valence-corrected chi connectivity index (χ4v) is 9.21. The van der Waals surface area contributed by atoms with Gasteiger partial charge in [0.2, 0.25) is 23.6 Å². The minimum Gasteiger partial charge on any atom is -0.507 e. The first kappa shape index (κ1) is 28.7. The first-order valence-electron chi connectivity index (χ1n) is 15.7. The number of phenols is 1. The van der Waals surface area contributed by atoms with Gasteiger partial charge in [0.1, 0.15) is 5.75 Å². The summed E-state index contributed by atoms with van der Waals surface area (Å²) in [5.74, 6) is -4.02. The maximum Gasteiger partial charge on any atom is 0.246 e. The Labute approximate surface area is 271 Å². The van der Waals surface area contributed by atoms with Crippen LogP contribution in [0.15, 0.2) is 103 Å². The van der Waals surface area contributed by atoms with Gasteiger partial charge in [-0.2, -0.15) is 0 Å². The molecule has 7 nitrogen and oxygen atoms in total. The number of likely N-dealkylation sites (tertiary alicyclic amines) is 1. The zero-order chi connectivity index (χ0) is 31.9. The Bertz CT molecular complexity index is 2010. The number of amides is 4. The number of carbonyl (C=O) groups excluding carboxylic acids is 4. The lowest BCUT2D eigenvalue weighted by atomic mass is 9.49. The Morgan fingerprint density at radius 1 is 0.826 bits per heavy atom. The normalized spacial score (nSPS) is 28.7. The first-order valence-corrected chi connectivity index (χ1v) is 16.1. The number of aromatic hydroxyl groups is 1. The van der Waals surface area contributed by atoms with Crippen LogP contribution in [0.25, 0.3) is 10.8 Å². The molecule has 1 N–H and O–H groups in total. The van der Waals surface area contributed by atoms with E-state index in [4.69, 9.17) is 11.6 Å². The van der Waals surface area contributed by atoms with Gasteiger partial charge in [-0.05, 0) is 66.5 Å². The number of imide groups is 2. The van der Waals surface area contributed by atoms with Crippen molar-refractivity contribution in [2.24, 2.45) is 23.7 Å². The molecule has 1 saturated carbocycles. The molecule has 6 atom stereocenters. The van der Waals surface area contributed by atoms with Crippen LogP contribution in [-0.2, 0) is 24.6 Å². The Hall–Kier alpha value is -4.75. The standard InChI is InChI=1S/C38H31ClN2O5/c1-2-40-34(43)28-16-15-27-29(32(28)36(40)45)20-30-35(44)41(23-12-8-11-22(39)19-23)37(46)38(30,21-9-4-3-5-10-21)33(27)26-17-18-31(42)25-14-7-6-13-24(25)26/h3-15,17-19,28-30,32-33,42H,2,16,20H2,1H3/t28-,29+,30-,32-,33-,38+/m0/s1. The molecule has 8 heteroatoms. The smallest absolute Gasteiger partial charge is 0.246 e. The van der Waals surface area contributed by atoms with Crippen LogP contribution in [0.1, 0.15) is 36.8 Å². The average Bonchev–Trinajstić information content (AvgIpc) is 3.46. The Kier molecular flexibility index (Phi) is 6.48. The van der Waals surface area contributed by atoms with Crippen molar-refractivity contribution in [1.29, 1.82) is 0 Å². The van der Waals surface area contributed by atoms with Crippen LogP contribution in [0.2, 0.25) is 5.02 Å². The van der Waals surface area contributed by atoms with Crippen molar-refractivity contribution in [1.82, 2.24) is 4.90 Å². The number of fused-ring (bicyclic) bond motifs is 5. The summed E-state index contributed by atoms with van der Waals surface area (Å²) in [6.07, 6.45) is 2.68. The van der Waals surface area contributed by atoms with Gasteiger partial charge in [0.15, 0.2) is 0 Å². The van der Waals surface area contributed by atoms with Crippen LogP contribution in [-0.4, -0.2) is 40.2 Å². The fraction of sp³-hybridized carbons (Fsp3) is 0.263. The molecule has 0 unspecified atom stereocenters. The number of benzene rings is 4. The van der Waals surface area contributed by atoms with Gasteiger partial charge in [-0.3, -0.25) is 24.1 Å². The Morgan fingerprint density at radius 3 is 2.30 bits per heavy atom. The van der Waals surface area contributed by atoms with Gasteiger partial charge in [0, 0.05) is 22.9 Å². The van der Waals surface area contributed by atoms with E-state index in [1.165, 1.54) is 9.80 Å². The molecule has 2 aliphatic carbocycles. The van der Waals surface area contributed by atoms with Crippen molar-refractivity contribution in [3.8, 4) is 5.75 Å². The van der Waals surface area contributed by atoms with Gasteiger partial charge in [-0.1, -0.05) is 90.0 Å². The second kappa shape index (κ2) is 10.4. The Balaban J connectivity index is 1.45. The lowest BCUT2D eigenvalue weighted by Gasteiger charge is -2.51. The summed E-state index contributed by atoms with van der Waals surface area (Å²) in [5, 5.41) is 12.7. The molecule has 4 aromatic carbocycles. The highest BCUT2D eigenvalue weighted by Gasteiger charge is 2.70. The predicted octanol–water partition coefficient (Wildman–Crippen LogP) is 6.38. The fourth-order valence-electron chi connectivity index (χ4n) is 9.02. The number of phenolic OH excluding ortho intramolecular Hbond substituents is 1. The summed E-state index contributed by atoms with van der Waals surface area (Å²) >= 11 is 6.39. The molecular formula is C38H31ClN2O5. The molecule has 0 aromatic heterocycles. The van der Waals surface area contributed by atoms with Crippen LogP contribution < -0.4 is 4.90 Å². The summed E-state index contributed by atoms with van der Waals surface area (Å²) < 4.78 is 0. The van der Waals surface area contributed by atoms with E-state index in [-0.39, 0.29) is 42.3 Å². The molecule has 3 fully saturated rings. The second-order valence-electron chi connectivity index (χ2n) is 12.7. The first-order chi connectivity index (χ1) is 22.3. The molecule has 0 radical (unpaired) electrons. The predicted molar refractivity (Wildman–Crippen MR) is 174 cm³/mol. The molecule has 2 saturated heterocycles. The zero-order valence-corrected chi connectivity index (χ0v) is 25.9. The van der Waals surface area contributed by atoms with Crippen LogP contribution in [0.3, 0.4) is 0 Å². The van der Waals surface area contributed by atoms with Crippen molar-refractivity contribution in [2.45, 2.75) is 31.1 Å². The molecule has 230 valence electrons. The molecule has 4 amide bonds. The van der Waals surface area contributed by atoms with Gasteiger partial charge in [0.05, 0.1) is 28.9 Å². The van der Waals surface area contributed by atoms with E-state index in [9.17, 15) is 19.5 Å². The quantitative estimate of drug-likeness (QED) is 0.209. The summed E-state index contributed by atoms with van der Waals surface area (Å²) in [6.45, 7) is 2.09.